The first-order valence-corrected chi connectivity index (χ1v) is 6.71. The Morgan fingerprint density at radius 1 is 1.53 bits per heavy atom. The van der Waals surface area contributed by atoms with Gasteiger partial charge in [0.1, 0.15) is 5.82 Å². The molecule has 1 saturated heterocycles. The maximum absolute atomic E-state index is 6.35. The van der Waals surface area contributed by atoms with Gasteiger partial charge in [0, 0.05) is 25.3 Å². The van der Waals surface area contributed by atoms with Gasteiger partial charge in [-0.1, -0.05) is 11.6 Å². The highest BCUT2D eigenvalue weighted by Gasteiger charge is 2.38. The molecule has 2 aliphatic rings. The molecule has 0 radical (unpaired) electrons. The molecule has 2 bridgehead atoms. The molecule has 1 aromatic heterocycles. The van der Waals surface area contributed by atoms with Gasteiger partial charge in [-0.15, -0.1) is 0 Å². The molecular formula is C13H18ClN3. The Morgan fingerprint density at radius 3 is 3.00 bits per heavy atom. The minimum atomic E-state index is 0.681. The van der Waals surface area contributed by atoms with Crippen molar-refractivity contribution in [2.24, 2.45) is 5.92 Å². The second-order valence-corrected chi connectivity index (χ2v) is 5.57. The molecule has 17 heavy (non-hydrogen) atoms. The first kappa shape index (κ1) is 11.3. The highest BCUT2D eigenvalue weighted by Crippen LogP contribution is 2.41. The molecular weight excluding hydrogens is 234 g/mol. The van der Waals surface area contributed by atoms with Crippen molar-refractivity contribution in [3.8, 4) is 0 Å². The zero-order chi connectivity index (χ0) is 11.8. The second kappa shape index (κ2) is 4.46. The van der Waals surface area contributed by atoms with Crippen LogP contribution in [0, 0.1) is 5.92 Å². The highest BCUT2D eigenvalue weighted by molar-refractivity contribution is 6.33. The minimum absolute atomic E-state index is 0.681. The summed E-state index contributed by atoms with van der Waals surface area (Å²) >= 11 is 6.35. The summed E-state index contributed by atoms with van der Waals surface area (Å²) in [5.41, 5.74) is 1.14. The van der Waals surface area contributed by atoms with Crippen LogP contribution in [0.3, 0.4) is 0 Å². The molecule has 2 atom stereocenters. The maximum Gasteiger partial charge on any atom is 0.147 e. The van der Waals surface area contributed by atoms with Gasteiger partial charge in [0.25, 0.3) is 0 Å². The smallest absolute Gasteiger partial charge is 0.147 e. The van der Waals surface area contributed by atoms with Crippen molar-refractivity contribution in [1.82, 2.24) is 10.3 Å². The third kappa shape index (κ3) is 2.02. The molecule has 92 valence electrons. The van der Waals surface area contributed by atoms with E-state index in [1.54, 1.807) is 0 Å². The lowest BCUT2D eigenvalue weighted by Gasteiger charge is -2.28. The van der Waals surface area contributed by atoms with E-state index in [0.717, 1.165) is 35.4 Å². The lowest BCUT2D eigenvalue weighted by Crippen LogP contribution is -2.32. The van der Waals surface area contributed by atoms with E-state index in [1.807, 2.05) is 19.3 Å². The summed E-state index contributed by atoms with van der Waals surface area (Å²) in [4.78, 5) is 6.95. The summed E-state index contributed by atoms with van der Waals surface area (Å²) in [6.07, 6.45) is 5.96. The molecule has 1 N–H and O–H groups in total. The zero-order valence-corrected chi connectivity index (χ0v) is 10.9. The number of piperidine rings is 1. The topological polar surface area (TPSA) is 28.2 Å². The third-order valence-corrected chi connectivity index (χ3v) is 4.22. The molecule has 1 aliphatic heterocycles. The van der Waals surface area contributed by atoms with Crippen LogP contribution < -0.4 is 10.2 Å². The normalized spacial score (nSPS) is 26.8. The summed E-state index contributed by atoms with van der Waals surface area (Å²) in [5.74, 6) is 1.86. The Labute approximate surface area is 107 Å². The fourth-order valence-corrected chi connectivity index (χ4v) is 3.46. The summed E-state index contributed by atoms with van der Waals surface area (Å²) in [6, 6.07) is 2.71. The van der Waals surface area contributed by atoms with Crippen LogP contribution in [0.1, 0.15) is 24.8 Å². The Balaban J connectivity index is 1.83. The van der Waals surface area contributed by atoms with E-state index in [-0.39, 0.29) is 0 Å². The molecule has 3 nitrogen and oxygen atoms in total. The van der Waals surface area contributed by atoms with Crippen LogP contribution in [0.4, 0.5) is 5.82 Å². The summed E-state index contributed by atoms with van der Waals surface area (Å²) in [7, 11) is 1.93. The fraction of sp³-hybridized carbons (Fsp3) is 0.615. The van der Waals surface area contributed by atoms with E-state index in [1.165, 1.54) is 19.3 Å². The average Bonchev–Trinajstić information content (AvgIpc) is 2.91. The number of nitrogens with zero attached hydrogens (tertiary/aromatic N) is 2. The van der Waals surface area contributed by atoms with Crippen LogP contribution in [0.15, 0.2) is 12.3 Å². The maximum atomic E-state index is 6.35. The van der Waals surface area contributed by atoms with Crippen LogP contribution in [0.2, 0.25) is 5.02 Å². The van der Waals surface area contributed by atoms with Gasteiger partial charge in [0.05, 0.1) is 5.02 Å². The van der Waals surface area contributed by atoms with Crippen LogP contribution in [0.25, 0.3) is 0 Å². The Kier molecular flexibility index (Phi) is 2.97. The molecule has 1 saturated carbocycles. The number of rotatable bonds is 3. The fourth-order valence-electron chi connectivity index (χ4n) is 3.17. The monoisotopic (exact) mass is 251 g/mol. The average molecular weight is 252 g/mol. The molecule has 1 aliphatic carbocycles. The lowest BCUT2D eigenvalue weighted by atomic mass is 10.1. The molecule has 0 spiro atoms. The number of fused-ring (bicyclic) bond motifs is 2. The van der Waals surface area contributed by atoms with Crippen molar-refractivity contribution in [1.29, 1.82) is 0 Å². The van der Waals surface area contributed by atoms with E-state index in [2.05, 4.69) is 15.2 Å². The van der Waals surface area contributed by atoms with Gasteiger partial charge in [-0.05, 0) is 43.9 Å². The first-order valence-electron chi connectivity index (χ1n) is 6.33. The van der Waals surface area contributed by atoms with Crippen LogP contribution in [-0.4, -0.2) is 24.6 Å². The second-order valence-electron chi connectivity index (χ2n) is 5.16. The predicted octanol–water partition coefficient (Wildman–Crippen LogP) is 2.44. The van der Waals surface area contributed by atoms with Gasteiger partial charge >= 0.3 is 0 Å². The van der Waals surface area contributed by atoms with Gasteiger partial charge in [0.15, 0.2) is 0 Å². The van der Waals surface area contributed by atoms with E-state index >= 15 is 0 Å². The van der Waals surface area contributed by atoms with Gasteiger partial charge in [-0.2, -0.15) is 0 Å². The molecule has 3 rings (SSSR count). The number of anilines is 1. The van der Waals surface area contributed by atoms with E-state index < -0.39 is 0 Å². The highest BCUT2D eigenvalue weighted by atomic mass is 35.5. The summed E-state index contributed by atoms with van der Waals surface area (Å²) in [6.45, 7) is 1.96. The quantitative estimate of drug-likeness (QED) is 0.895. The molecule has 2 unspecified atom stereocenters. The first-order chi connectivity index (χ1) is 8.28. The molecule has 0 amide bonds. The number of pyridine rings is 1. The van der Waals surface area contributed by atoms with E-state index in [0.29, 0.717) is 6.04 Å². The Morgan fingerprint density at radius 2 is 2.41 bits per heavy atom. The van der Waals surface area contributed by atoms with Crippen LogP contribution in [-0.2, 0) is 6.54 Å². The Bertz CT molecular complexity index is 421. The predicted molar refractivity (Wildman–Crippen MR) is 70.5 cm³/mol. The molecule has 4 heteroatoms. The lowest BCUT2D eigenvalue weighted by molar-refractivity contribution is 0.550. The van der Waals surface area contributed by atoms with Gasteiger partial charge < -0.3 is 10.2 Å². The van der Waals surface area contributed by atoms with Crippen molar-refractivity contribution >= 4 is 17.4 Å². The van der Waals surface area contributed by atoms with E-state index in [4.69, 9.17) is 11.6 Å². The standard InChI is InChI=1S/C13H18ClN3/c1-15-6-10-5-12(14)13(16-7-10)17-8-9-2-3-11(17)4-9/h5,7,9,11,15H,2-4,6,8H2,1H3. The number of halogens is 1. The SMILES string of the molecule is CNCc1cnc(N2CC3CCC2C3)c(Cl)c1. The van der Waals surface area contributed by atoms with Crippen molar-refractivity contribution in [3.63, 3.8) is 0 Å². The van der Waals surface area contributed by atoms with Crippen LogP contribution in [0.5, 0.6) is 0 Å². The molecule has 2 fully saturated rings. The van der Waals surface area contributed by atoms with Gasteiger partial charge in [-0.25, -0.2) is 4.98 Å². The van der Waals surface area contributed by atoms with Gasteiger partial charge in [0.2, 0.25) is 0 Å². The van der Waals surface area contributed by atoms with Gasteiger partial charge in [-0.3, -0.25) is 0 Å². The minimum Gasteiger partial charge on any atom is -0.352 e. The van der Waals surface area contributed by atoms with Crippen molar-refractivity contribution in [2.75, 3.05) is 18.5 Å². The summed E-state index contributed by atoms with van der Waals surface area (Å²) in [5, 5.41) is 3.91. The largest absolute Gasteiger partial charge is 0.352 e. The number of hydrogen-bond acceptors (Lipinski definition) is 3. The third-order valence-electron chi connectivity index (χ3n) is 3.94. The molecule has 1 aromatic rings. The number of hydrogen-bond donors (Lipinski definition) is 1. The van der Waals surface area contributed by atoms with Crippen molar-refractivity contribution in [3.05, 3.63) is 22.8 Å². The van der Waals surface area contributed by atoms with E-state index in [9.17, 15) is 0 Å². The Hall–Kier alpha value is -0.800. The zero-order valence-electron chi connectivity index (χ0n) is 10.1. The van der Waals surface area contributed by atoms with Crippen molar-refractivity contribution in [2.45, 2.75) is 31.8 Å². The van der Waals surface area contributed by atoms with Crippen LogP contribution >= 0.6 is 11.6 Å². The molecule has 0 aromatic carbocycles. The number of nitrogens with one attached hydrogen (secondary N) is 1. The summed E-state index contributed by atoms with van der Waals surface area (Å²) < 4.78 is 0. The van der Waals surface area contributed by atoms with Crippen molar-refractivity contribution < 1.29 is 0 Å². The molecule has 2 heterocycles. The number of aromatic nitrogens is 1.